The lowest BCUT2D eigenvalue weighted by Crippen LogP contribution is -2.13. The van der Waals surface area contributed by atoms with E-state index in [1.165, 1.54) is 42.9 Å². The van der Waals surface area contributed by atoms with Gasteiger partial charge in [0.15, 0.2) is 0 Å². The molecule has 3 rings (SSSR count). The molecule has 154 valence electrons. The fourth-order valence-corrected chi connectivity index (χ4v) is 2.51. The van der Waals surface area contributed by atoms with E-state index >= 15 is 0 Å². The normalized spacial score (nSPS) is 10.3. The van der Waals surface area contributed by atoms with Crippen LogP contribution >= 0.6 is 0 Å². The van der Waals surface area contributed by atoms with Crippen molar-refractivity contribution in [1.82, 2.24) is 9.97 Å². The second-order valence-electron chi connectivity index (χ2n) is 6.14. The second-order valence-corrected chi connectivity index (χ2v) is 6.14. The van der Waals surface area contributed by atoms with Crippen LogP contribution in [0.25, 0.3) is 0 Å². The van der Waals surface area contributed by atoms with Crippen LogP contribution < -0.4 is 20.5 Å². The number of nitrogens with zero attached hydrogens (tertiary/aromatic N) is 2. The van der Waals surface area contributed by atoms with Gasteiger partial charge in [-0.1, -0.05) is 0 Å². The zero-order valence-corrected chi connectivity index (χ0v) is 16.1. The van der Waals surface area contributed by atoms with Crippen LogP contribution in [0.5, 0.6) is 11.6 Å². The number of hydrogen-bond acceptors (Lipinski definition) is 6. The van der Waals surface area contributed by atoms with Gasteiger partial charge in [0, 0.05) is 29.7 Å². The number of carbonyl (C=O) groups excluding carboxylic acids is 2. The van der Waals surface area contributed by atoms with Crippen LogP contribution in [0.1, 0.15) is 33.2 Å². The average Bonchev–Trinajstić information content (AvgIpc) is 2.75. The number of amides is 2. The smallest absolute Gasteiger partial charge is 0.257 e. The maximum atomic E-state index is 14.2. The predicted molar refractivity (Wildman–Crippen MR) is 107 cm³/mol. The third-order valence-corrected chi connectivity index (χ3v) is 3.99. The molecule has 3 N–H and O–H groups in total. The standard InChI is InChI=1S/C21H19FN4O4/c1-2-29-19-6-3-13(10-25-19)21(28)26-16-4-5-18(22)15(7-16)12-30-17-8-14(20(23)27)9-24-11-17/h3-11H,2,12H2,1H3,(H2,23,27)(H,26,28). The van der Waals surface area contributed by atoms with Crippen molar-refractivity contribution >= 4 is 17.5 Å². The molecular weight excluding hydrogens is 391 g/mol. The number of rotatable bonds is 8. The molecule has 8 nitrogen and oxygen atoms in total. The van der Waals surface area contributed by atoms with E-state index in [-0.39, 0.29) is 23.5 Å². The first kappa shape index (κ1) is 20.7. The van der Waals surface area contributed by atoms with Gasteiger partial charge >= 0.3 is 0 Å². The summed E-state index contributed by atoms with van der Waals surface area (Å²) in [5.74, 6) is -0.865. The number of nitrogens with one attached hydrogen (secondary N) is 1. The van der Waals surface area contributed by atoms with Gasteiger partial charge in [-0.3, -0.25) is 14.6 Å². The number of anilines is 1. The summed E-state index contributed by atoms with van der Waals surface area (Å²) in [4.78, 5) is 31.5. The number of benzene rings is 1. The quantitative estimate of drug-likeness (QED) is 0.590. The summed E-state index contributed by atoms with van der Waals surface area (Å²) < 4.78 is 24.9. The highest BCUT2D eigenvalue weighted by Crippen LogP contribution is 2.19. The van der Waals surface area contributed by atoms with Gasteiger partial charge in [0.25, 0.3) is 5.91 Å². The minimum Gasteiger partial charge on any atom is -0.487 e. The lowest BCUT2D eigenvalue weighted by molar-refractivity contribution is 0.0996. The summed E-state index contributed by atoms with van der Waals surface area (Å²) in [7, 11) is 0. The summed E-state index contributed by atoms with van der Waals surface area (Å²) in [5.41, 5.74) is 6.31. The molecule has 0 bridgehead atoms. The molecule has 0 aliphatic carbocycles. The minimum atomic E-state index is -0.646. The Morgan fingerprint density at radius 1 is 1.07 bits per heavy atom. The van der Waals surface area contributed by atoms with Crippen molar-refractivity contribution in [2.45, 2.75) is 13.5 Å². The van der Waals surface area contributed by atoms with Gasteiger partial charge in [-0.05, 0) is 37.3 Å². The number of carbonyl (C=O) groups is 2. The lowest BCUT2D eigenvalue weighted by Gasteiger charge is -2.11. The summed E-state index contributed by atoms with van der Waals surface area (Å²) in [6.07, 6.45) is 4.09. The Hall–Kier alpha value is -4.01. The Balaban J connectivity index is 1.68. The van der Waals surface area contributed by atoms with Gasteiger partial charge in [-0.15, -0.1) is 0 Å². The van der Waals surface area contributed by atoms with Crippen LogP contribution in [0.4, 0.5) is 10.1 Å². The van der Waals surface area contributed by atoms with Crippen molar-refractivity contribution in [3.63, 3.8) is 0 Å². The maximum absolute atomic E-state index is 14.2. The molecule has 2 heterocycles. The third-order valence-electron chi connectivity index (χ3n) is 3.99. The molecule has 30 heavy (non-hydrogen) atoms. The molecule has 0 aliphatic heterocycles. The third kappa shape index (κ3) is 5.28. The highest BCUT2D eigenvalue weighted by Gasteiger charge is 2.11. The molecule has 0 saturated heterocycles. The van der Waals surface area contributed by atoms with Crippen molar-refractivity contribution in [3.8, 4) is 11.6 Å². The summed E-state index contributed by atoms with van der Waals surface area (Å²) in [6, 6.07) is 8.71. The first-order valence-electron chi connectivity index (χ1n) is 9.02. The first-order chi connectivity index (χ1) is 14.5. The van der Waals surface area contributed by atoms with Crippen LogP contribution in [0.3, 0.4) is 0 Å². The van der Waals surface area contributed by atoms with Crippen molar-refractivity contribution in [2.24, 2.45) is 5.73 Å². The number of pyridine rings is 2. The van der Waals surface area contributed by atoms with E-state index in [9.17, 15) is 14.0 Å². The number of aromatic nitrogens is 2. The highest BCUT2D eigenvalue weighted by molar-refractivity contribution is 6.04. The molecule has 0 fully saturated rings. The number of nitrogens with two attached hydrogens (primary N) is 1. The van der Waals surface area contributed by atoms with Crippen molar-refractivity contribution < 1.29 is 23.5 Å². The molecule has 0 saturated carbocycles. The minimum absolute atomic E-state index is 0.135. The summed E-state index contributed by atoms with van der Waals surface area (Å²) >= 11 is 0. The Labute approximate surface area is 171 Å². The molecule has 0 spiro atoms. The fraction of sp³-hybridized carbons (Fsp3) is 0.143. The van der Waals surface area contributed by atoms with Crippen LogP contribution in [0.2, 0.25) is 0 Å². The van der Waals surface area contributed by atoms with Gasteiger partial charge in [0.05, 0.1) is 23.9 Å². The van der Waals surface area contributed by atoms with Gasteiger partial charge < -0.3 is 20.5 Å². The second kappa shape index (κ2) is 9.46. The molecule has 0 unspecified atom stereocenters. The van der Waals surface area contributed by atoms with Crippen molar-refractivity contribution in [1.29, 1.82) is 0 Å². The van der Waals surface area contributed by atoms with Gasteiger partial charge in [-0.25, -0.2) is 9.37 Å². The van der Waals surface area contributed by atoms with E-state index in [0.29, 0.717) is 23.7 Å². The van der Waals surface area contributed by atoms with Crippen LogP contribution in [0.15, 0.2) is 55.0 Å². The van der Waals surface area contributed by atoms with E-state index in [2.05, 4.69) is 15.3 Å². The van der Waals surface area contributed by atoms with E-state index in [1.807, 2.05) is 6.92 Å². The van der Waals surface area contributed by atoms with Crippen LogP contribution in [-0.2, 0) is 6.61 Å². The SMILES string of the molecule is CCOc1ccc(C(=O)Nc2ccc(F)c(COc3cncc(C(N)=O)c3)c2)cn1. The van der Waals surface area contributed by atoms with Crippen LogP contribution in [-0.4, -0.2) is 28.4 Å². The first-order valence-corrected chi connectivity index (χ1v) is 9.02. The number of primary amides is 1. The summed E-state index contributed by atoms with van der Waals surface area (Å²) in [5, 5.41) is 2.68. The van der Waals surface area contributed by atoms with Gasteiger partial charge in [0.2, 0.25) is 11.8 Å². The largest absolute Gasteiger partial charge is 0.487 e. The number of ether oxygens (including phenoxy) is 2. The molecule has 2 aromatic heterocycles. The Morgan fingerprint density at radius 2 is 1.90 bits per heavy atom. The van der Waals surface area contributed by atoms with Crippen molar-refractivity contribution in [2.75, 3.05) is 11.9 Å². The molecule has 0 radical (unpaired) electrons. The topological polar surface area (TPSA) is 116 Å². The van der Waals surface area contributed by atoms with E-state index in [4.69, 9.17) is 15.2 Å². The fourth-order valence-electron chi connectivity index (χ4n) is 2.51. The lowest BCUT2D eigenvalue weighted by atomic mass is 10.2. The van der Waals surface area contributed by atoms with Gasteiger partial charge in [-0.2, -0.15) is 0 Å². The Morgan fingerprint density at radius 3 is 2.60 bits per heavy atom. The maximum Gasteiger partial charge on any atom is 0.257 e. The molecule has 2 amide bonds. The zero-order chi connectivity index (χ0) is 21.5. The highest BCUT2D eigenvalue weighted by atomic mass is 19.1. The summed E-state index contributed by atoms with van der Waals surface area (Å²) in [6.45, 7) is 2.18. The monoisotopic (exact) mass is 410 g/mol. The number of halogens is 1. The van der Waals surface area contributed by atoms with E-state index < -0.39 is 17.6 Å². The molecule has 0 aliphatic rings. The number of hydrogen-bond donors (Lipinski definition) is 2. The predicted octanol–water partition coefficient (Wildman–Crippen LogP) is 2.94. The Bertz CT molecular complexity index is 1060. The Kier molecular flexibility index (Phi) is 6.53. The zero-order valence-electron chi connectivity index (χ0n) is 16.1. The molecule has 1 aromatic carbocycles. The van der Waals surface area contributed by atoms with E-state index in [1.54, 1.807) is 12.1 Å². The van der Waals surface area contributed by atoms with Crippen molar-refractivity contribution in [3.05, 3.63) is 77.5 Å². The average molecular weight is 410 g/mol. The van der Waals surface area contributed by atoms with Gasteiger partial charge in [0.1, 0.15) is 18.2 Å². The van der Waals surface area contributed by atoms with Crippen LogP contribution in [0, 0.1) is 5.82 Å². The molecule has 0 atom stereocenters. The molecular formula is C21H19FN4O4. The van der Waals surface area contributed by atoms with E-state index in [0.717, 1.165) is 0 Å². The molecule has 3 aromatic rings. The molecule has 9 heteroatoms.